The van der Waals surface area contributed by atoms with Gasteiger partial charge in [0.05, 0.1) is 11.3 Å². The molecule has 0 aliphatic carbocycles. The fourth-order valence-electron chi connectivity index (χ4n) is 1.49. The van der Waals surface area contributed by atoms with Gasteiger partial charge < -0.3 is 0 Å². The summed E-state index contributed by atoms with van der Waals surface area (Å²) in [6.07, 6.45) is 1.48. The molecule has 2 rings (SSSR count). The van der Waals surface area contributed by atoms with Crippen molar-refractivity contribution in [1.29, 1.82) is 0 Å². The fourth-order valence-corrected chi connectivity index (χ4v) is 1.49. The molecular weight excluding hydrogens is 239 g/mol. The standard InChI is InChI=1S/C12H7FN2O3/c13-9-5-3-8(4-6-9)11-10(2-1-7-14-11)12(16)18-15-17/h1-7H. The third-order valence-corrected chi connectivity index (χ3v) is 2.27. The lowest BCUT2D eigenvalue weighted by Crippen LogP contribution is -2.04. The van der Waals surface area contributed by atoms with E-state index in [4.69, 9.17) is 0 Å². The lowest BCUT2D eigenvalue weighted by Gasteiger charge is -2.05. The number of benzene rings is 1. The molecule has 0 aliphatic rings. The van der Waals surface area contributed by atoms with Crippen molar-refractivity contribution in [2.24, 2.45) is 5.34 Å². The van der Waals surface area contributed by atoms with Crippen LogP contribution in [-0.4, -0.2) is 11.0 Å². The normalized spacial score (nSPS) is 9.83. The van der Waals surface area contributed by atoms with Crippen LogP contribution < -0.4 is 0 Å². The molecule has 0 bridgehead atoms. The Morgan fingerprint density at radius 3 is 2.61 bits per heavy atom. The van der Waals surface area contributed by atoms with Crippen molar-refractivity contribution in [2.45, 2.75) is 0 Å². The lowest BCUT2D eigenvalue weighted by atomic mass is 10.1. The Labute approximate surface area is 101 Å². The van der Waals surface area contributed by atoms with E-state index >= 15 is 0 Å². The average molecular weight is 246 g/mol. The van der Waals surface area contributed by atoms with Crippen molar-refractivity contribution in [1.82, 2.24) is 4.98 Å². The van der Waals surface area contributed by atoms with E-state index in [0.29, 0.717) is 11.3 Å². The average Bonchev–Trinajstić information content (AvgIpc) is 2.40. The molecule has 5 nitrogen and oxygen atoms in total. The van der Waals surface area contributed by atoms with Crippen molar-refractivity contribution in [2.75, 3.05) is 0 Å². The van der Waals surface area contributed by atoms with Gasteiger partial charge in [-0.2, -0.15) is 0 Å². The van der Waals surface area contributed by atoms with Crippen molar-refractivity contribution < 1.29 is 14.0 Å². The van der Waals surface area contributed by atoms with Gasteiger partial charge in [0.15, 0.2) is 5.34 Å². The number of carbonyl (C=O) groups excluding carboxylic acids is 1. The molecule has 6 heteroatoms. The molecule has 0 radical (unpaired) electrons. The number of rotatable bonds is 3. The van der Waals surface area contributed by atoms with Crippen LogP contribution in [0.2, 0.25) is 0 Å². The third-order valence-electron chi connectivity index (χ3n) is 2.27. The molecule has 0 amide bonds. The molecule has 0 unspecified atom stereocenters. The molecule has 90 valence electrons. The number of hydrogen-bond donors (Lipinski definition) is 0. The minimum atomic E-state index is -0.905. The van der Waals surface area contributed by atoms with Crippen LogP contribution in [0.5, 0.6) is 0 Å². The summed E-state index contributed by atoms with van der Waals surface area (Å²) in [6.45, 7) is 0. The third kappa shape index (κ3) is 2.37. The van der Waals surface area contributed by atoms with Crippen LogP contribution in [0.3, 0.4) is 0 Å². The SMILES string of the molecule is O=NOC(=O)c1cccnc1-c1ccc(F)cc1. The van der Waals surface area contributed by atoms with E-state index in [2.05, 4.69) is 15.2 Å². The van der Waals surface area contributed by atoms with Gasteiger partial charge in [0.25, 0.3) is 0 Å². The second kappa shape index (κ2) is 5.13. The molecule has 0 saturated heterocycles. The first-order valence-electron chi connectivity index (χ1n) is 4.97. The number of nitrogens with zero attached hydrogens (tertiary/aromatic N) is 2. The maximum Gasteiger partial charge on any atom is 0.371 e. The van der Waals surface area contributed by atoms with Crippen LogP contribution in [0.15, 0.2) is 47.9 Å². The molecule has 1 heterocycles. The van der Waals surface area contributed by atoms with Crippen molar-refractivity contribution in [3.05, 3.63) is 58.9 Å². The Balaban J connectivity index is 2.47. The summed E-state index contributed by atoms with van der Waals surface area (Å²) >= 11 is 0. The number of pyridine rings is 1. The van der Waals surface area contributed by atoms with Gasteiger partial charge in [-0.05, 0) is 36.4 Å². The predicted octanol–water partition coefficient (Wildman–Crippen LogP) is 2.73. The van der Waals surface area contributed by atoms with Crippen LogP contribution in [-0.2, 0) is 4.84 Å². The Hall–Kier alpha value is -2.63. The van der Waals surface area contributed by atoms with Crippen molar-refractivity contribution in [3.8, 4) is 11.3 Å². The highest BCUT2D eigenvalue weighted by molar-refractivity contribution is 5.95. The van der Waals surface area contributed by atoms with Crippen LogP contribution in [0.25, 0.3) is 11.3 Å². The number of carbonyl (C=O) groups is 1. The first kappa shape index (κ1) is 11.8. The molecule has 1 aromatic carbocycles. The van der Waals surface area contributed by atoms with Gasteiger partial charge in [-0.3, -0.25) is 9.82 Å². The maximum atomic E-state index is 12.8. The Kier molecular flexibility index (Phi) is 3.38. The van der Waals surface area contributed by atoms with Gasteiger partial charge in [0, 0.05) is 11.8 Å². The largest absolute Gasteiger partial charge is 0.371 e. The minimum Gasteiger partial charge on any atom is -0.279 e. The highest BCUT2D eigenvalue weighted by Crippen LogP contribution is 2.22. The fraction of sp³-hybridized carbons (Fsp3) is 0. The zero-order valence-electron chi connectivity index (χ0n) is 9.04. The van der Waals surface area contributed by atoms with Gasteiger partial charge >= 0.3 is 5.97 Å². The molecule has 0 saturated carbocycles. The van der Waals surface area contributed by atoms with Crippen LogP contribution in [0.1, 0.15) is 10.4 Å². The van der Waals surface area contributed by atoms with Crippen molar-refractivity contribution >= 4 is 5.97 Å². The number of aromatic nitrogens is 1. The van der Waals surface area contributed by atoms with E-state index < -0.39 is 11.8 Å². The predicted molar refractivity (Wildman–Crippen MR) is 60.8 cm³/mol. The second-order valence-electron chi connectivity index (χ2n) is 3.36. The molecule has 0 fully saturated rings. The summed E-state index contributed by atoms with van der Waals surface area (Å²) in [5.41, 5.74) is 0.921. The number of hydrogen-bond acceptors (Lipinski definition) is 5. The zero-order valence-corrected chi connectivity index (χ0v) is 9.04. The molecular formula is C12H7FN2O3. The summed E-state index contributed by atoms with van der Waals surface area (Å²) in [6, 6.07) is 8.41. The van der Waals surface area contributed by atoms with Crippen molar-refractivity contribution in [3.63, 3.8) is 0 Å². The molecule has 18 heavy (non-hydrogen) atoms. The van der Waals surface area contributed by atoms with Gasteiger partial charge in [-0.15, -0.1) is 4.91 Å². The Bertz CT molecular complexity index is 584. The smallest absolute Gasteiger partial charge is 0.279 e. The topological polar surface area (TPSA) is 68.6 Å². The van der Waals surface area contributed by atoms with Crippen LogP contribution in [0.4, 0.5) is 4.39 Å². The van der Waals surface area contributed by atoms with E-state index in [1.165, 1.54) is 42.6 Å². The summed E-state index contributed by atoms with van der Waals surface area (Å²) in [7, 11) is 0. The molecule has 1 aromatic heterocycles. The van der Waals surface area contributed by atoms with E-state index in [0.717, 1.165) is 0 Å². The Morgan fingerprint density at radius 1 is 1.22 bits per heavy atom. The number of halogens is 1. The molecule has 0 aliphatic heterocycles. The van der Waals surface area contributed by atoms with Crippen LogP contribution >= 0.6 is 0 Å². The van der Waals surface area contributed by atoms with Gasteiger partial charge in [0.2, 0.25) is 0 Å². The quantitative estimate of drug-likeness (QED) is 0.616. The zero-order chi connectivity index (χ0) is 13.0. The first-order valence-corrected chi connectivity index (χ1v) is 4.97. The van der Waals surface area contributed by atoms with E-state index in [1.54, 1.807) is 0 Å². The maximum absolute atomic E-state index is 12.8. The summed E-state index contributed by atoms with van der Waals surface area (Å²) in [4.78, 5) is 29.4. The molecule has 0 spiro atoms. The van der Waals surface area contributed by atoms with Gasteiger partial charge in [0.1, 0.15) is 5.82 Å². The molecule has 0 atom stereocenters. The van der Waals surface area contributed by atoms with E-state index in [-0.39, 0.29) is 5.56 Å². The van der Waals surface area contributed by atoms with E-state index in [1.807, 2.05) is 0 Å². The van der Waals surface area contributed by atoms with E-state index in [9.17, 15) is 14.1 Å². The highest BCUT2D eigenvalue weighted by Gasteiger charge is 2.15. The van der Waals surface area contributed by atoms with Gasteiger partial charge in [-0.1, -0.05) is 0 Å². The monoisotopic (exact) mass is 246 g/mol. The summed E-state index contributed by atoms with van der Waals surface area (Å²) < 4.78 is 12.8. The van der Waals surface area contributed by atoms with Gasteiger partial charge in [-0.25, -0.2) is 9.18 Å². The summed E-state index contributed by atoms with van der Waals surface area (Å²) in [5, 5.41) is 2.07. The Morgan fingerprint density at radius 2 is 1.94 bits per heavy atom. The molecule has 2 aromatic rings. The van der Waals surface area contributed by atoms with Crippen LogP contribution in [0, 0.1) is 10.7 Å². The lowest BCUT2D eigenvalue weighted by molar-refractivity contribution is 0.0509. The molecule has 0 N–H and O–H groups in total. The highest BCUT2D eigenvalue weighted by atomic mass is 19.1. The second-order valence-corrected chi connectivity index (χ2v) is 3.36. The summed E-state index contributed by atoms with van der Waals surface area (Å²) in [5.74, 6) is -1.30. The first-order chi connectivity index (χ1) is 8.72. The minimum absolute atomic E-state index is 0.0868.